The number of thiophene rings is 1. The summed E-state index contributed by atoms with van der Waals surface area (Å²) in [6, 6.07) is 0. The normalized spacial score (nSPS) is 22.9. The number of carbonyl (C=O) groups excluding carboxylic acids is 2. The average Bonchev–Trinajstić information content (AvgIpc) is 2.86. The number of anilines is 2. The third kappa shape index (κ3) is 2.34. The van der Waals surface area contributed by atoms with Crippen LogP contribution in [-0.2, 0) is 9.53 Å². The van der Waals surface area contributed by atoms with Crippen LogP contribution in [0.4, 0.5) is 10.0 Å². The summed E-state index contributed by atoms with van der Waals surface area (Å²) in [5.41, 5.74) is 1.66. The number of piperidine rings is 1. The molecule has 0 unspecified atom stereocenters. The number of rotatable bonds is 4. The molecule has 0 aromatic carbocycles. The summed E-state index contributed by atoms with van der Waals surface area (Å²) in [6.45, 7) is 12.8. The van der Waals surface area contributed by atoms with Crippen molar-refractivity contribution in [1.82, 2.24) is 0 Å². The summed E-state index contributed by atoms with van der Waals surface area (Å²) in [5, 5.41) is 4.93. The topological polar surface area (TPSA) is 58.6 Å². The van der Waals surface area contributed by atoms with Gasteiger partial charge < -0.3 is 15.0 Å². The third-order valence-corrected chi connectivity index (χ3v) is 8.30. The lowest BCUT2D eigenvalue weighted by Crippen LogP contribution is -2.38. The number of carbonyl (C=O) groups is 2. The van der Waals surface area contributed by atoms with Gasteiger partial charge in [0.1, 0.15) is 5.00 Å². The smallest absolute Gasteiger partial charge is 0.341 e. The highest BCUT2D eigenvalue weighted by atomic mass is 32.1. The zero-order valence-electron chi connectivity index (χ0n) is 16.3. The molecule has 0 atom stereocenters. The summed E-state index contributed by atoms with van der Waals surface area (Å²) in [7, 11) is 0. The number of amides is 1. The van der Waals surface area contributed by atoms with Gasteiger partial charge in [0.05, 0.1) is 17.2 Å². The molecule has 2 bridgehead atoms. The van der Waals surface area contributed by atoms with Crippen LogP contribution in [0.2, 0.25) is 0 Å². The van der Waals surface area contributed by atoms with Crippen LogP contribution in [0.3, 0.4) is 0 Å². The fourth-order valence-electron chi connectivity index (χ4n) is 4.95. The summed E-state index contributed by atoms with van der Waals surface area (Å²) in [6.07, 6.45) is 2.15. The van der Waals surface area contributed by atoms with Gasteiger partial charge in [-0.15, -0.1) is 0 Å². The molecular formula is C20H28N2O3S. The van der Waals surface area contributed by atoms with Crippen LogP contribution >= 0.6 is 11.3 Å². The van der Waals surface area contributed by atoms with Crippen molar-refractivity contribution in [1.29, 1.82) is 0 Å². The van der Waals surface area contributed by atoms with Crippen LogP contribution in [0.1, 0.15) is 69.3 Å². The Bertz CT molecular complexity index is 758. The van der Waals surface area contributed by atoms with E-state index < -0.39 is 0 Å². The standard InChI is InChI=1S/C20H28N2O3S/c1-6-25-18(24)13-12-11-7-9-22(10-8-11)17(12)26-16(13)21-15(23)14-19(2,3)20(14,4)5/h11,14H,6-10H2,1-5H3,(H,21,23). The zero-order chi connectivity index (χ0) is 18.9. The fraction of sp³-hybridized carbons (Fsp3) is 0.700. The maximum Gasteiger partial charge on any atom is 0.341 e. The van der Waals surface area contributed by atoms with E-state index in [9.17, 15) is 9.59 Å². The van der Waals surface area contributed by atoms with E-state index in [1.165, 1.54) is 0 Å². The van der Waals surface area contributed by atoms with Crippen LogP contribution in [-0.4, -0.2) is 31.6 Å². The quantitative estimate of drug-likeness (QED) is 0.799. The minimum atomic E-state index is -0.302. The molecule has 4 aliphatic rings. The van der Waals surface area contributed by atoms with Gasteiger partial charge in [-0.2, -0.15) is 0 Å². The molecule has 5 nitrogen and oxygen atoms in total. The maximum absolute atomic E-state index is 13.0. The first-order valence-electron chi connectivity index (χ1n) is 9.59. The molecule has 1 saturated heterocycles. The van der Waals surface area contributed by atoms with Gasteiger partial charge in [-0.1, -0.05) is 39.0 Å². The average molecular weight is 377 g/mol. The van der Waals surface area contributed by atoms with E-state index in [-0.39, 0.29) is 28.6 Å². The Hall–Kier alpha value is -1.56. The van der Waals surface area contributed by atoms with Crippen molar-refractivity contribution in [3.63, 3.8) is 0 Å². The van der Waals surface area contributed by atoms with Crippen molar-refractivity contribution < 1.29 is 14.3 Å². The van der Waals surface area contributed by atoms with Gasteiger partial charge in [0.25, 0.3) is 0 Å². The second kappa shape index (κ2) is 5.72. The number of hydrogen-bond donors (Lipinski definition) is 1. The van der Waals surface area contributed by atoms with Crippen LogP contribution in [0.5, 0.6) is 0 Å². The first-order valence-corrected chi connectivity index (χ1v) is 10.4. The molecule has 0 spiro atoms. The highest BCUT2D eigenvalue weighted by molar-refractivity contribution is 7.20. The predicted molar refractivity (Wildman–Crippen MR) is 104 cm³/mol. The van der Waals surface area contributed by atoms with E-state index in [2.05, 4.69) is 37.9 Å². The van der Waals surface area contributed by atoms with E-state index in [1.54, 1.807) is 11.3 Å². The number of nitrogens with zero attached hydrogens (tertiary/aromatic N) is 1. The predicted octanol–water partition coefficient (Wildman–Crippen LogP) is 4.24. The van der Waals surface area contributed by atoms with Crippen molar-refractivity contribution in [3.05, 3.63) is 11.1 Å². The van der Waals surface area contributed by atoms with Crippen LogP contribution in [0, 0.1) is 16.7 Å². The highest BCUT2D eigenvalue weighted by Gasteiger charge is 2.68. The largest absolute Gasteiger partial charge is 0.462 e. The van der Waals surface area contributed by atoms with E-state index in [4.69, 9.17) is 4.74 Å². The van der Waals surface area contributed by atoms with Crippen LogP contribution in [0.15, 0.2) is 0 Å². The Morgan fingerprint density at radius 1 is 1.19 bits per heavy atom. The Labute approximate surface area is 159 Å². The van der Waals surface area contributed by atoms with Gasteiger partial charge in [0.2, 0.25) is 5.91 Å². The molecule has 0 radical (unpaired) electrons. The molecule has 1 aromatic heterocycles. The summed E-state index contributed by atoms with van der Waals surface area (Å²) in [4.78, 5) is 28.0. The Morgan fingerprint density at radius 2 is 1.81 bits per heavy atom. The van der Waals surface area contributed by atoms with E-state index in [1.807, 2.05) is 6.92 Å². The minimum absolute atomic E-state index is 0.0199. The lowest BCUT2D eigenvalue weighted by atomic mass is 9.84. The van der Waals surface area contributed by atoms with Crippen LogP contribution in [0.25, 0.3) is 0 Å². The zero-order valence-corrected chi connectivity index (χ0v) is 17.1. The molecular weight excluding hydrogens is 348 g/mol. The molecule has 5 rings (SSSR count). The van der Waals surface area contributed by atoms with Crippen molar-refractivity contribution in [2.75, 3.05) is 29.9 Å². The van der Waals surface area contributed by atoms with Crippen LogP contribution < -0.4 is 10.2 Å². The SMILES string of the molecule is CCOC(=O)c1c(NC(=O)C2C(C)(C)C2(C)C)sc2c1C1CCN2CC1. The first kappa shape index (κ1) is 17.8. The van der Waals surface area contributed by atoms with E-state index >= 15 is 0 Å². The Balaban J connectivity index is 1.69. The molecule has 1 saturated carbocycles. The van der Waals surface area contributed by atoms with Gasteiger partial charge in [-0.25, -0.2) is 4.79 Å². The second-order valence-corrected chi connectivity index (χ2v) is 9.87. The van der Waals surface area contributed by atoms with E-state index in [0.29, 0.717) is 23.1 Å². The number of ether oxygens (including phenoxy) is 1. The van der Waals surface area contributed by atoms with Gasteiger partial charge >= 0.3 is 5.97 Å². The monoisotopic (exact) mass is 376 g/mol. The third-order valence-electron chi connectivity index (χ3n) is 7.12. The number of hydrogen-bond acceptors (Lipinski definition) is 5. The van der Waals surface area contributed by atoms with Crippen molar-refractivity contribution in [2.45, 2.75) is 53.4 Å². The maximum atomic E-state index is 13.0. The molecule has 4 heterocycles. The van der Waals surface area contributed by atoms with Gasteiger partial charge in [0.15, 0.2) is 0 Å². The Kier molecular flexibility index (Phi) is 3.92. The fourth-order valence-corrected chi connectivity index (χ4v) is 6.28. The molecule has 1 aliphatic carbocycles. The van der Waals surface area contributed by atoms with E-state index in [0.717, 1.165) is 36.5 Å². The second-order valence-electron chi connectivity index (χ2n) is 8.87. The first-order chi connectivity index (χ1) is 12.2. The number of nitrogens with one attached hydrogen (secondary N) is 1. The highest BCUT2D eigenvalue weighted by Crippen LogP contribution is 2.68. The molecule has 1 amide bonds. The summed E-state index contributed by atoms with van der Waals surface area (Å²) in [5.74, 6) is 0.0844. The Morgan fingerprint density at radius 3 is 2.35 bits per heavy atom. The number of fused-ring (bicyclic) bond motifs is 2. The molecule has 3 aliphatic heterocycles. The molecule has 1 aromatic rings. The van der Waals surface area contributed by atoms with Crippen molar-refractivity contribution in [2.24, 2.45) is 16.7 Å². The molecule has 6 heteroatoms. The van der Waals surface area contributed by atoms with Gasteiger partial charge in [-0.05, 0) is 36.5 Å². The molecule has 26 heavy (non-hydrogen) atoms. The van der Waals surface area contributed by atoms with Gasteiger partial charge in [-0.3, -0.25) is 4.79 Å². The summed E-state index contributed by atoms with van der Waals surface area (Å²) >= 11 is 1.55. The van der Waals surface area contributed by atoms with Crippen molar-refractivity contribution >= 4 is 33.2 Å². The molecule has 1 N–H and O–H groups in total. The molecule has 142 valence electrons. The minimum Gasteiger partial charge on any atom is -0.462 e. The van der Waals surface area contributed by atoms with Gasteiger partial charge in [0, 0.05) is 24.6 Å². The summed E-state index contributed by atoms with van der Waals surface area (Å²) < 4.78 is 5.34. The number of esters is 1. The lowest BCUT2D eigenvalue weighted by molar-refractivity contribution is -0.118. The molecule has 2 fully saturated rings. The van der Waals surface area contributed by atoms with Crippen molar-refractivity contribution in [3.8, 4) is 0 Å². The lowest BCUT2D eigenvalue weighted by Gasteiger charge is -2.40.